The fraction of sp³-hybridized carbons (Fsp3) is 0.636. The zero-order valence-electron chi connectivity index (χ0n) is 8.94. The minimum absolute atomic E-state index is 0.170. The molecule has 1 aliphatic rings. The van der Waals surface area contributed by atoms with Gasteiger partial charge in [-0.15, -0.1) is 0 Å². The third kappa shape index (κ3) is 2.03. The average Bonchev–Trinajstić information content (AvgIpc) is 2.43. The molecule has 4 nitrogen and oxygen atoms in total. The molecule has 1 aliphatic carbocycles. The highest BCUT2D eigenvalue weighted by atomic mass is 16.4. The van der Waals surface area contributed by atoms with Gasteiger partial charge in [0.25, 0.3) is 0 Å². The van der Waals surface area contributed by atoms with Gasteiger partial charge in [0.15, 0.2) is 0 Å². The first kappa shape index (κ1) is 10.2. The van der Waals surface area contributed by atoms with Crippen molar-refractivity contribution in [2.24, 2.45) is 0 Å². The maximum absolute atomic E-state index is 10.5. The van der Waals surface area contributed by atoms with Gasteiger partial charge < -0.3 is 9.67 Å². The number of aromatic nitrogens is 2. The highest BCUT2D eigenvalue weighted by Crippen LogP contribution is 2.33. The molecule has 0 unspecified atom stereocenters. The van der Waals surface area contributed by atoms with Gasteiger partial charge in [-0.1, -0.05) is 0 Å². The standard InChI is InChI=1S/C11H16N2O2/c1-8-7-12-10(5-6-11(14)15)13(8)9-3-2-4-9/h7,9H,2-6H2,1H3,(H,14,15). The third-order valence-corrected chi connectivity index (χ3v) is 3.06. The van der Waals surface area contributed by atoms with Gasteiger partial charge in [0.05, 0.1) is 6.42 Å². The van der Waals surface area contributed by atoms with E-state index >= 15 is 0 Å². The van der Waals surface area contributed by atoms with E-state index in [4.69, 9.17) is 5.11 Å². The number of aryl methyl sites for hydroxylation is 2. The number of carboxylic acid groups (broad SMARTS) is 1. The Balaban J connectivity index is 2.12. The summed E-state index contributed by atoms with van der Waals surface area (Å²) in [4.78, 5) is 14.8. The topological polar surface area (TPSA) is 55.1 Å². The summed E-state index contributed by atoms with van der Waals surface area (Å²) in [5, 5.41) is 8.65. The smallest absolute Gasteiger partial charge is 0.303 e. The number of imidazole rings is 1. The molecular weight excluding hydrogens is 192 g/mol. The van der Waals surface area contributed by atoms with E-state index in [1.54, 1.807) is 0 Å². The lowest BCUT2D eigenvalue weighted by atomic mass is 9.92. The van der Waals surface area contributed by atoms with Crippen LogP contribution < -0.4 is 0 Å². The minimum Gasteiger partial charge on any atom is -0.481 e. The van der Waals surface area contributed by atoms with Crippen molar-refractivity contribution in [3.8, 4) is 0 Å². The maximum Gasteiger partial charge on any atom is 0.303 e. The summed E-state index contributed by atoms with van der Waals surface area (Å²) in [5.41, 5.74) is 1.15. The second-order valence-electron chi connectivity index (χ2n) is 4.16. The van der Waals surface area contributed by atoms with E-state index in [1.807, 2.05) is 13.1 Å². The molecule has 2 rings (SSSR count). The number of rotatable bonds is 4. The van der Waals surface area contributed by atoms with E-state index in [0.29, 0.717) is 12.5 Å². The Morgan fingerprint density at radius 2 is 2.40 bits per heavy atom. The number of carboxylic acids is 1. The molecule has 1 aromatic heterocycles. The molecule has 0 bridgehead atoms. The second kappa shape index (κ2) is 4.04. The molecule has 82 valence electrons. The van der Waals surface area contributed by atoms with E-state index in [1.165, 1.54) is 19.3 Å². The van der Waals surface area contributed by atoms with Crippen molar-refractivity contribution in [2.75, 3.05) is 0 Å². The van der Waals surface area contributed by atoms with Crippen molar-refractivity contribution in [1.82, 2.24) is 9.55 Å². The Kier molecular flexibility index (Phi) is 2.75. The van der Waals surface area contributed by atoms with Crippen LogP contribution >= 0.6 is 0 Å². The van der Waals surface area contributed by atoms with Crippen molar-refractivity contribution in [3.63, 3.8) is 0 Å². The van der Waals surface area contributed by atoms with Gasteiger partial charge in [-0.2, -0.15) is 0 Å². The van der Waals surface area contributed by atoms with Crippen LogP contribution in [0.3, 0.4) is 0 Å². The molecule has 0 aromatic carbocycles. The number of carbonyl (C=O) groups is 1. The normalized spacial score (nSPS) is 16.3. The number of aliphatic carboxylic acids is 1. The van der Waals surface area contributed by atoms with E-state index in [0.717, 1.165) is 11.5 Å². The predicted octanol–water partition coefficient (Wildman–Crippen LogP) is 1.93. The second-order valence-corrected chi connectivity index (χ2v) is 4.16. The molecule has 15 heavy (non-hydrogen) atoms. The summed E-state index contributed by atoms with van der Waals surface area (Å²) in [6, 6.07) is 0.566. The van der Waals surface area contributed by atoms with Crippen LogP contribution in [-0.4, -0.2) is 20.6 Å². The zero-order chi connectivity index (χ0) is 10.8. The molecule has 1 saturated carbocycles. The molecule has 1 N–H and O–H groups in total. The van der Waals surface area contributed by atoms with Crippen LogP contribution in [0.1, 0.15) is 43.2 Å². The molecule has 1 fully saturated rings. The first-order chi connectivity index (χ1) is 7.18. The van der Waals surface area contributed by atoms with E-state index in [2.05, 4.69) is 9.55 Å². The van der Waals surface area contributed by atoms with Crippen LogP contribution in [-0.2, 0) is 11.2 Å². The predicted molar refractivity (Wildman–Crippen MR) is 55.8 cm³/mol. The molecule has 1 aromatic rings. The molecule has 0 aliphatic heterocycles. The van der Waals surface area contributed by atoms with Crippen molar-refractivity contribution in [1.29, 1.82) is 0 Å². The lowest BCUT2D eigenvalue weighted by Gasteiger charge is -2.29. The SMILES string of the molecule is Cc1cnc(CCC(=O)O)n1C1CCC1. The maximum atomic E-state index is 10.5. The molecule has 0 atom stereocenters. The van der Waals surface area contributed by atoms with Gasteiger partial charge in [0, 0.05) is 24.4 Å². The molecule has 0 spiro atoms. The summed E-state index contributed by atoms with van der Waals surface area (Å²) in [5.74, 6) is 0.176. The fourth-order valence-electron chi connectivity index (χ4n) is 2.04. The number of nitrogens with zero attached hydrogens (tertiary/aromatic N) is 2. The Bertz CT molecular complexity index is 367. The van der Waals surface area contributed by atoms with E-state index in [9.17, 15) is 4.79 Å². The monoisotopic (exact) mass is 208 g/mol. The summed E-state index contributed by atoms with van der Waals surface area (Å²) in [7, 11) is 0. The van der Waals surface area contributed by atoms with E-state index in [-0.39, 0.29) is 6.42 Å². The minimum atomic E-state index is -0.754. The first-order valence-corrected chi connectivity index (χ1v) is 5.43. The molecule has 4 heteroatoms. The van der Waals surface area contributed by atoms with Gasteiger partial charge >= 0.3 is 5.97 Å². The van der Waals surface area contributed by atoms with Gasteiger partial charge in [-0.25, -0.2) is 4.98 Å². The van der Waals surface area contributed by atoms with Crippen molar-refractivity contribution in [3.05, 3.63) is 17.7 Å². The van der Waals surface area contributed by atoms with Gasteiger partial charge in [-0.05, 0) is 26.2 Å². The molecular formula is C11H16N2O2. The van der Waals surface area contributed by atoms with Crippen LogP contribution in [0.4, 0.5) is 0 Å². The average molecular weight is 208 g/mol. The Hall–Kier alpha value is -1.32. The van der Waals surface area contributed by atoms with Crippen LogP contribution in [0.25, 0.3) is 0 Å². The summed E-state index contributed by atoms with van der Waals surface area (Å²) >= 11 is 0. The lowest BCUT2D eigenvalue weighted by molar-refractivity contribution is -0.137. The van der Waals surface area contributed by atoms with Crippen molar-refractivity contribution >= 4 is 5.97 Å². The van der Waals surface area contributed by atoms with Crippen LogP contribution in [0.15, 0.2) is 6.20 Å². The zero-order valence-corrected chi connectivity index (χ0v) is 8.94. The third-order valence-electron chi connectivity index (χ3n) is 3.06. The largest absolute Gasteiger partial charge is 0.481 e. The molecule has 1 heterocycles. The Labute approximate surface area is 88.9 Å². The number of hydrogen-bond donors (Lipinski definition) is 1. The van der Waals surface area contributed by atoms with Crippen molar-refractivity contribution in [2.45, 2.75) is 45.1 Å². The van der Waals surface area contributed by atoms with Gasteiger partial charge in [0.1, 0.15) is 5.82 Å². The van der Waals surface area contributed by atoms with Gasteiger partial charge in [-0.3, -0.25) is 4.79 Å². The highest BCUT2D eigenvalue weighted by Gasteiger charge is 2.23. The summed E-state index contributed by atoms with van der Waals surface area (Å²) in [6.45, 7) is 2.04. The molecule has 0 amide bonds. The van der Waals surface area contributed by atoms with E-state index < -0.39 is 5.97 Å². The summed E-state index contributed by atoms with van der Waals surface area (Å²) < 4.78 is 2.21. The first-order valence-electron chi connectivity index (χ1n) is 5.43. The lowest BCUT2D eigenvalue weighted by Crippen LogP contribution is -2.20. The fourth-order valence-corrected chi connectivity index (χ4v) is 2.04. The quantitative estimate of drug-likeness (QED) is 0.822. The molecule has 0 radical (unpaired) electrons. The Morgan fingerprint density at radius 3 is 2.93 bits per heavy atom. The summed E-state index contributed by atoms with van der Waals surface area (Å²) in [6.07, 6.45) is 6.24. The Morgan fingerprint density at radius 1 is 1.67 bits per heavy atom. The van der Waals surface area contributed by atoms with Crippen LogP contribution in [0.5, 0.6) is 0 Å². The number of hydrogen-bond acceptors (Lipinski definition) is 2. The highest BCUT2D eigenvalue weighted by molar-refractivity contribution is 5.66. The van der Waals surface area contributed by atoms with Crippen LogP contribution in [0, 0.1) is 6.92 Å². The van der Waals surface area contributed by atoms with Crippen molar-refractivity contribution < 1.29 is 9.90 Å². The molecule has 0 saturated heterocycles. The van der Waals surface area contributed by atoms with Gasteiger partial charge in [0.2, 0.25) is 0 Å². The van der Waals surface area contributed by atoms with Crippen LogP contribution in [0.2, 0.25) is 0 Å².